The van der Waals surface area contributed by atoms with E-state index in [1.165, 1.54) is 12.1 Å². The minimum absolute atomic E-state index is 0.0199. The van der Waals surface area contributed by atoms with Gasteiger partial charge in [-0.2, -0.15) is 15.0 Å². The number of hydrogen-bond donors (Lipinski definition) is 5. The molecule has 0 radical (unpaired) electrons. The molecule has 2 aliphatic rings. The molecule has 9 N–H and O–H groups in total. The fourth-order valence-corrected chi connectivity index (χ4v) is 5.26. The number of benzene rings is 2. The summed E-state index contributed by atoms with van der Waals surface area (Å²) in [6.07, 6.45) is 0.807. The number of hydrogen-bond acceptors (Lipinski definition) is 12. The predicted molar refractivity (Wildman–Crippen MR) is 159 cm³/mol. The van der Waals surface area contributed by atoms with Crippen LogP contribution in [0.25, 0.3) is 0 Å². The summed E-state index contributed by atoms with van der Waals surface area (Å²) in [6, 6.07) is 13.8. The molecular formula is C28H36FN11O2. The molecule has 3 heterocycles. The maximum atomic E-state index is 14.4. The van der Waals surface area contributed by atoms with E-state index in [-0.39, 0.29) is 46.5 Å². The van der Waals surface area contributed by atoms with Crippen molar-refractivity contribution < 1.29 is 14.1 Å². The zero-order chi connectivity index (χ0) is 29.8. The second kappa shape index (κ2) is 12.7. The first kappa shape index (κ1) is 29.3. The zero-order valence-electron chi connectivity index (χ0n) is 23.1. The van der Waals surface area contributed by atoms with E-state index >= 15 is 0 Å². The van der Waals surface area contributed by atoms with Crippen molar-refractivity contribution in [2.75, 3.05) is 46.4 Å². The Morgan fingerprint density at radius 1 is 0.786 bits per heavy atom. The Labute approximate surface area is 243 Å². The van der Waals surface area contributed by atoms with Gasteiger partial charge in [0, 0.05) is 61.6 Å². The minimum Gasteiger partial charge on any atom is -0.338 e. The molecular weight excluding hydrogens is 541 g/mol. The smallest absolute Gasteiger partial charge is 0.262 e. The number of amides is 1. The van der Waals surface area contributed by atoms with Gasteiger partial charge in [-0.1, -0.05) is 22.7 Å². The summed E-state index contributed by atoms with van der Waals surface area (Å²) < 4.78 is 14.4. The molecule has 222 valence electrons. The maximum absolute atomic E-state index is 14.4. The van der Waals surface area contributed by atoms with E-state index in [2.05, 4.69) is 15.3 Å². The van der Waals surface area contributed by atoms with Crippen LogP contribution in [0.2, 0.25) is 0 Å². The van der Waals surface area contributed by atoms with Gasteiger partial charge in [0.15, 0.2) is 5.78 Å². The van der Waals surface area contributed by atoms with E-state index in [9.17, 15) is 14.1 Å². The van der Waals surface area contributed by atoms with Crippen molar-refractivity contribution in [2.45, 2.75) is 43.4 Å². The van der Waals surface area contributed by atoms with Gasteiger partial charge in [-0.15, -0.1) is 5.12 Å². The highest BCUT2D eigenvalue weighted by Gasteiger charge is 2.29. The lowest BCUT2D eigenvalue weighted by Gasteiger charge is -2.37. The summed E-state index contributed by atoms with van der Waals surface area (Å²) in [5.74, 6) is -0.320. The summed E-state index contributed by atoms with van der Waals surface area (Å²) in [4.78, 5) is 42.9. The van der Waals surface area contributed by atoms with E-state index in [1.807, 2.05) is 9.80 Å². The number of rotatable bonds is 8. The molecule has 0 unspecified atom stereocenters. The highest BCUT2D eigenvalue weighted by molar-refractivity contribution is 6.11. The third kappa shape index (κ3) is 7.15. The van der Waals surface area contributed by atoms with Gasteiger partial charge in [0.05, 0.1) is 12.1 Å². The number of piperidine rings is 2. The summed E-state index contributed by atoms with van der Waals surface area (Å²) in [6.45, 7) is 2.19. The molecule has 0 saturated carbocycles. The van der Waals surface area contributed by atoms with Gasteiger partial charge in [-0.3, -0.25) is 9.59 Å². The lowest BCUT2D eigenvalue weighted by atomic mass is 10.0. The number of Topliss-reactive ketones (excluding diaryl/α,β-unsaturated/α-hetero) is 1. The van der Waals surface area contributed by atoms with Crippen LogP contribution in [0.3, 0.4) is 0 Å². The molecule has 2 aromatic carbocycles. The number of nitrogens with two attached hydrogens (primary N) is 4. The SMILES string of the molecule is N[C@@H]1C[C@H](N)CN(c2nc(Nc3ccc(C(=O)CC(=O)N(F)c4ccccc4)cc3)nc(N3C[C@H](N)C[C@H](N)C3)n2)C1. The third-order valence-electron chi connectivity index (χ3n) is 7.18. The standard InChI is InChI=1S/C28H36FN11O2/c29-40(23-4-2-1-3-5-23)25(42)12-24(41)17-6-8-22(9-7-17)34-26-35-27(38-13-18(30)10-19(31)14-38)37-28(36-26)39-15-20(32)11-21(33)16-39/h1-9,18-21H,10-16,30-33H2,(H,34,35,36,37)/t18-,19+,20-,21+. The number of aromatic nitrogens is 3. The molecule has 42 heavy (non-hydrogen) atoms. The lowest BCUT2D eigenvalue weighted by Crippen LogP contribution is -2.54. The summed E-state index contributed by atoms with van der Waals surface area (Å²) in [5.41, 5.74) is 25.8. The number of nitrogens with zero attached hydrogens (tertiary/aromatic N) is 6. The van der Waals surface area contributed by atoms with E-state index < -0.39 is 18.1 Å². The van der Waals surface area contributed by atoms with E-state index in [4.69, 9.17) is 27.9 Å². The first-order valence-corrected chi connectivity index (χ1v) is 13.9. The van der Waals surface area contributed by atoms with Crippen molar-refractivity contribution >= 4 is 40.9 Å². The Hall–Kier alpha value is -4.24. The van der Waals surface area contributed by atoms with Crippen LogP contribution < -0.4 is 43.2 Å². The monoisotopic (exact) mass is 577 g/mol. The molecule has 2 aliphatic heterocycles. The Morgan fingerprint density at radius 2 is 1.29 bits per heavy atom. The molecule has 2 fully saturated rings. The molecule has 0 bridgehead atoms. The van der Waals surface area contributed by atoms with E-state index in [0.29, 0.717) is 56.6 Å². The van der Waals surface area contributed by atoms with Crippen molar-refractivity contribution in [3.05, 3.63) is 60.2 Å². The predicted octanol–water partition coefficient (Wildman–Crippen LogP) is 0.835. The fourth-order valence-electron chi connectivity index (χ4n) is 5.26. The molecule has 4 atom stereocenters. The first-order valence-electron chi connectivity index (χ1n) is 13.9. The van der Waals surface area contributed by atoms with Gasteiger partial charge in [0.1, 0.15) is 0 Å². The van der Waals surface area contributed by atoms with Crippen LogP contribution in [0.4, 0.5) is 33.7 Å². The Kier molecular flexibility index (Phi) is 8.87. The van der Waals surface area contributed by atoms with Crippen LogP contribution in [0.15, 0.2) is 54.6 Å². The largest absolute Gasteiger partial charge is 0.338 e. The highest BCUT2D eigenvalue weighted by atomic mass is 19.2. The van der Waals surface area contributed by atoms with E-state index in [1.54, 1.807) is 42.5 Å². The average molecular weight is 578 g/mol. The average Bonchev–Trinajstić information content (AvgIpc) is 2.96. The van der Waals surface area contributed by atoms with E-state index in [0.717, 1.165) is 0 Å². The molecule has 1 aromatic heterocycles. The van der Waals surface area contributed by atoms with Crippen LogP contribution in [-0.2, 0) is 4.79 Å². The Balaban J connectivity index is 1.32. The van der Waals surface area contributed by atoms with Gasteiger partial charge < -0.3 is 38.1 Å². The number of halogens is 1. The molecule has 2 saturated heterocycles. The second-order valence-electron chi connectivity index (χ2n) is 10.9. The first-order chi connectivity index (χ1) is 20.1. The topological polar surface area (TPSA) is 199 Å². The number of para-hydroxylation sites is 1. The number of anilines is 5. The molecule has 3 aromatic rings. The van der Waals surface area contributed by atoms with Crippen LogP contribution >= 0.6 is 0 Å². The fraction of sp³-hybridized carbons (Fsp3) is 0.393. The van der Waals surface area contributed by atoms with Crippen molar-refractivity contribution in [2.24, 2.45) is 22.9 Å². The third-order valence-corrected chi connectivity index (χ3v) is 7.18. The van der Waals surface area contributed by atoms with Crippen LogP contribution in [0, 0.1) is 0 Å². The lowest BCUT2D eigenvalue weighted by molar-refractivity contribution is -0.120. The molecule has 1 amide bonds. The number of carbonyl (C=O) groups is 2. The number of ketones is 1. The maximum Gasteiger partial charge on any atom is 0.262 e. The van der Waals surface area contributed by atoms with Gasteiger partial charge in [0.25, 0.3) is 5.91 Å². The van der Waals surface area contributed by atoms with Crippen molar-refractivity contribution in [1.29, 1.82) is 0 Å². The summed E-state index contributed by atoms with van der Waals surface area (Å²) >= 11 is 0. The zero-order valence-corrected chi connectivity index (χ0v) is 23.1. The van der Waals surface area contributed by atoms with Crippen LogP contribution in [0.1, 0.15) is 29.6 Å². The van der Waals surface area contributed by atoms with Gasteiger partial charge in [0.2, 0.25) is 17.8 Å². The van der Waals surface area contributed by atoms with Gasteiger partial charge in [-0.05, 0) is 49.2 Å². The minimum atomic E-state index is -0.951. The highest BCUT2D eigenvalue weighted by Crippen LogP contribution is 2.24. The molecule has 0 aliphatic carbocycles. The van der Waals surface area contributed by atoms with Gasteiger partial charge >= 0.3 is 0 Å². The van der Waals surface area contributed by atoms with Gasteiger partial charge in [-0.25, -0.2) is 0 Å². The molecule has 14 heteroatoms. The summed E-state index contributed by atoms with van der Waals surface area (Å²) in [7, 11) is 0. The number of nitrogens with one attached hydrogen (secondary N) is 1. The quantitative estimate of drug-likeness (QED) is 0.144. The van der Waals surface area contributed by atoms with Crippen molar-refractivity contribution in [1.82, 2.24) is 15.0 Å². The molecule has 13 nitrogen and oxygen atoms in total. The normalized spacial score (nSPS) is 22.5. The molecule has 5 rings (SSSR count). The summed E-state index contributed by atoms with van der Waals surface area (Å²) in [5, 5.41) is 3.15. The Morgan fingerprint density at radius 3 is 1.79 bits per heavy atom. The second-order valence-corrected chi connectivity index (χ2v) is 10.9. The van der Waals surface area contributed by atoms with Crippen molar-refractivity contribution in [3.63, 3.8) is 0 Å². The molecule has 0 spiro atoms. The van der Waals surface area contributed by atoms with Crippen molar-refractivity contribution in [3.8, 4) is 0 Å². The Bertz CT molecular complexity index is 1330. The van der Waals surface area contributed by atoms with Crippen LogP contribution in [0.5, 0.6) is 0 Å². The van der Waals surface area contributed by atoms with Crippen LogP contribution in [-0.4, -0.2) is 77.0 Å². The number of carbonyl (C=O) groups excluding carboxylic acids is 2.